The van der Waals surface area contributed by atoms with E-state index in [1.54, 1.807) is 18.2 Å². The lowest BCUT2D eigenvalue weighted by Gasteiger charge is -1.95. The lowest BCUT2D eigenvalue weighted by atomic mass is 10.2. The van der Waals surface area contributed by atoms with E-state index in [2.05, 4.69) is 10.2 Å². The van der Waals surface area contributed by atoms with Crippen LogP contribution in [0.4, 0.5) is 4.39 Å². The Labute approximate surface area is 90.2 Å². The highest BCUT2D eigenvalue weighted by atomic mass is 32.1. The number of hydrogen-bond donors (Lipinski definition) is 1. The molecule has 0 unspecified atom stereocenters. The molecular weight excluding hydrogens is 215 g/mol. The summed E-state index contributed by atoms with van der Waals surface area (Å²) in [6.07, 6.45) is 0.464. The molecule has 15 heavy (non-hydrogen) atoms. The van der Waals surface area contributed by atoms with E-state index in [-0.39, 0.29) is 12.4 Å². The van der Waals surface area contributed by atoms with Crippen molar-refractivity contribution in [2.24, 2.45) is 0 Å². The topological polar surface area (TPSA) is 46.0 Å². The molecule has 1 aromatic carbocycles. The van der Waals surface area contributed by atoms with Gasteiger partial charge in [-0.25, -0.2) is 4.39 Å². The summed E-state index contributed by atoms with van der Waals surface area (Å²) in [5.41, 5.74) is 0.458. The van der Waals surface area contributed by atoms with Gasteiger partial charge in [0.05, 0.1) is 0 Å². The standard InChI is InChI=1S/C10H9FN2OS/c11-8-4-2-1-3-7(8)10-13-12-9(15-10)5-6-14/h1-4,14H,5-6H2. The van der Waals surface area contributed by atoms with Crippen molar-refractivity contribution in [2.45, 2.75) is 6.42 Å². The molecule has 0 spiro atoms. The Morgan fingerprint density at radius 1 is 1.27 bits per heavy atom. The number of hydrogen-bond acceptors (Lipinski definition) is 4. The van der Waals surface area contributed by atoms with Crippen molar-refractivity contribution >= 4 is 11.3 Å². The number of aliphatic hydroxyl groups is 1. The molecule has 78 valence electrons. The maximum Gasteiger partial charge on any atom is 0.150 e. The van der Waals surface area contributed by atoms with E-state index in [0.29, 0.717) is 17.0 Å². The fraction of sp³-hybridized carbons (Fsp3) is 0.200. The second-order valence-corrected chi connectivity index (χ2v) is 4.02. The summed E-state index contributed by atoms with van der Waals surface area (Å²) in [4.78, 5) is 0. The lowest BCUT2D eigenvalue weighted by molar-refractivity contribution is 0.299. The highest BCUT2D eigenvalue weighted by Crippen LogP contribution is 2.25. The predicted molar refractivity (Wildman–Crippen MR) is 56.1 cm³/mol. The van der Waals surface area contributed by atoms with Crippen LogP contribution in [0.5, 0.6) is 0 Å². The molecule has 0 saturated heterocycles. The number of rotatable bonds is 3. The van der Waals surface area contributed by atoms with Crippen molar-refractivity contribution in [3.8, 4) is 10.6 Å². The average Bonchev–Trinajstić information content (AvgIpc) is 2.68. The SMILES string of the molecule is OCCc1nnc(-c2ccccc2F)s1. The Hall–Kier alpha value is -1.33. The van der Waals surface area contributed by atoms with Crippen molar-refractivity contribution in [3.63, 3.8) is 0 Å². The molecule has 0 radical (unpaired) electrons. The largest absolute Gasteiger partial charge is 0.396 e. The minimum atomic E-state index is -0.302. The molecule has 1 N–H and O–H groups in total. The smallest absolute Gasteiger partial charge is 0.150 e. The van der Waals surface area contributed by atoms with E-state index < -0.39 is 0 Å². The summed E-state index contributed by atoms with van der Waals surface area (Å²) in [7, 11) is 0. The van der Waals surface area contributed by atoms with Crippen LogP contribution < -0.4 is 0 Å². The molecule has 5 heteroatoms. The Balaban J connectivity index is 2.33. The van der Waals surface area contributed by atoms with Gasteiger partial charge in [-0.05, 0) is 12.1 Å². The monoisotopic (exact) mass is 224 g/mol. The van der Waals surface area contributed by atoms with Crippen LogP contribution in [0.2, 0.25) is 0 Å². The molecule has 2 aromatic rings. The molecule has 2 rings (SSSR count). The second kappa shape index (κ2) is 4.46. The fourth-order valence-electron chi connectivity index (χ4n) is 1.19. The third-order valence-electron chi connectivity index (χ3n) is 1.90. The van der Waals surface area contributed by atoms with Gasteiger partial charge in [0.2, 0.25) is 0 Å². The van der Waals surface area contributed by atoms with Crippen molar-refractivity contribution in [1.29, 1.82) is 0 Å². The van der Waals surface area contributed by atoms with Gasteiger partial charge in [-0.1, -0.05) is 23.5 Å². The van der Waals surface area contributed by atoms with Gasteiger partial charge in [0.15, 0.2) is 5.01 Å². The summed E-state index contributed by atoms with van der Waals surface area (Å²) in [5, 5.41) is 17.7. The van der Waals surface area contributed by atoms with E-state index >= 15 is 0 Å². The second-order valence-electron chi connectivity index (χ2n) is 2.95. The number of aliphatic hydroxyl groups excluding tert-OH is 1. The fourth-order valence-corrected chi connectivity index (χ4v) is 2.05. The van der Waals surface area contributed by atoms with Gasteiger partial charge < -0.3 is 5.11 Å². The molecule has 0 aliphatic rings. The third kappa shape index (κ3) is 2.19. The third-order valence-corrected chi connectivity index (χ3v) is 2.91. The van der Waals surface area contributed by atoms with Gasteiger partial charge in [0, 0.05) is 18.6 Å². The minimum Gasteiger partial charge on any atom is -0.396 e. The van der Waals surface area contributed by atoms with Crippen LogP contribution in [0.1, 0.15) is 5.01 Å². The molecule has 1 heterocycles. The Morgan fingerprint density at radius 2 is 2.07 bits per heavy atom. The number of nitrogens with zero attached hydrogens (tertiary/aromatic N) is 2. The summed E-state index contributed by atoms with van der Waals surface area (Å²) >= 11 is 1.30. The first-order valence-electron chi connectivity index (χ1n) is 4.49. The van der Waals surface area contributed by atoms with Gasteiger partial charge in [0.1, 0.15) is 10.8 Å². The molecule has 0 aliphatic heterocycles. The average molecular weight is 224 g/mol. The lowest BCUT2D eigenvalue weighted by Crippen LogP contribution is -1.88. The Morgan fingerprint density at radius 3 is 2.80 bits per heavy atom. The molecular formula is C10H9FN2OS. The van der Waals surface area contributed by atoms with E-state index in [0.717, 1.165) is 5.01 Å². The van der Waals surface area contributed by atoms with Crippen LogP contribution in [0.25, 0.3) is 10.6 Å². The minimum absolute atomic E-state index is 0.0336. The van der Waals surface area contributed by atoms with Crippen LogP contribution in [-0.4, -0.2) is 21.9 Å². The van der Waals surface area contributed by atoms with E-state index in [1.807, 2.05) is 0 Å². The molecule has 0 fully saturated rings. The summed E-state index contributed by atoms with van der Waals surface area (Å²) in [6.45, 7) is 0.0336. The molecule has 0 bridgehead atoms. The quantitative estimate of drug-likeness (QED) is 0.865. The first kappa shape index (κ1) is 10.2. The molecule has 0 saturated carbocycles. The maximum atomic E-state index is 13.4. The van der Waals surface area contributed by atoms with Crippen LogP contribution in [0.3, 0.4) is 0 Å². The Kier molecular flexibility index (Phi) is 3.03. The van der Waals surface area contributed by atoms with Gasteiger partial charge in [-0.2, -0.15) is 0 Å². The molecule has 0 atom stereocenters. The predicted octanol–water partition coefficient (Wildman–Crippen LogP) is 1.88. The van der Waals surface area contributed by atoms with Crippen molar-refractivity contribution in [2.75, 3.05) is 6.61 Å². The van der Waals surface area contributed by atoms with Crippen LogP contribution in [0.15, 0.2) is 24.3 Å². The van der Waals surface area contributed by atoms with Crippen molar-refractivity contribution in [1.82, 2.24) is 10.2 Å². The van der Waals surface area contributed by atoms with Crippen molar-refractivity contribution < 1.29 is 9.50 Å². The van der Waals surface area contributed by atoms with E-state index in [4.69, 9.17) is 5.11 Å². The molecule has 3 nitrogen and oxygen atoms in total. The van der Waals surface area contributed by atoms with Gasteiger partial charge in [-0.15, -0.1) is 10.2 Å². The van der Waals surface area contributed by atoms with Gasteiger partial charge in [0.25, 0.3) is 0 Å². The Bertz CT molecular complexity index is 458. The van der Waals surface area contributed by atoms with Crippen LogP contribution >= 0.6 is 11.3 Å². The summed E-state index contributed by atoms with van der Waals surface area (Å²) in [5.74, 6) is -0.302. The zero-order chi connectivity index (χ0) is 10.7. The zero-order valence-electron chi connectivity index (χ0n) is 7.85. The highest BCUT2D eigenvalue weighted by Gasteiger charge is 2.09. The highest BCUT2D eigenvalue weighted by molar-refractivity contribution is 7.14. The molecule has 0 aliphatic carbocycles. The van der Waals surface area contributed by atoms with Crippen LogP contribution in [-0.2, 0) is 6.42 Å². The first-order chi connectivity index (χ1) is 7.31. The molecule has 1 aromatic heterocycles. The molecule has 0 amide bonds. The number of benzene rings is 1. The van der Waals surface area contributed by atoms with Gasteiger partial charge >= 0.3 is 0 Å². The summed E-state index contributed by atoms with van der Waals surface area (Å²) < 4.78 is 13.4. The summed E-state index contributed by atoms with van der Waals surface area (Å²) in [6, 6.07) is 6.45. The zero-order valence-corrected chi connectivity index (χ0v) is 8.67. The van der Waals surface area contributed by atoms with E-state index in [9.17, 15) is 4.39 Å². The van der Waals surface area contributed by atoms with Crippen LogP contribution in [0, 0.1) is 5.82 Å². The van der Waals surface area contributed by atoms with E-state index in [1.165, 1.54) is 17.4 Å². The maximum absolute atomic E-state index is 13.4. The number of aromatic nitrogens is 2. The van der Waals surface area contributed by atoms with Gasteiger partial charge in [-0.3, -0.25) is 0 Å². The number of halogens is 1. The van der Waals surface area contributed by atoms with Crippen molar-refractivity contribution in [3.05, 3.63) is 35.1 Å². The first-order valence-corrected chi connectivity index (χ1v) is 5.31. The normalized spacial score (nSPS) is 10.5.